The van der Waals surface area contributed by atoms with Crippen molar-refractivity contribution in [2.45, 2.75) is 84.7 Å². The Morgan fingerprint density at radius 1 is 1.19 bits per heavy atom. The van der Waals surface area contributed by atoms with E-state index in [9.17, 15) is 4.79 Å². The van der Waals surface area contributed by atoms with E-state index in [0.29, 0.717) is 6.42 Å². The number of hydrogen-bond donors (Lipinski definition) is 1. The van der Waals surface area contributed by atoms with Gasteiger partial charge in [0.2, 0.25) is 0 Å². The normalized spacial score (nSPS) is 23.5. The minimum Gasteiger partial charge on any atom is -0.458 e. The highest BCUT2D eigenvalue weighted by molar-refractivity contribution is 6.62. The molecule has 0 spiro atoms. The number of anilines is 1. The number of nitrogens with one attached hydrogen (secondary N) is 1. The van der Waals surface area contributed by atoms with Crippen molar-refractivity contribution in [2.75, 3.05) is 5.32 Å². The summed E-state index contributed by atoms with van der Waals surface area (Å²) in [4.78, 5) is 12.4. The molecule has 1 aromatic carbocycles. The molecule has 1 aromatic rings. The van der Waals surface area contributed by atoms with Gasteiger partial charge in [-0.25, -0.2) is 4.79 Å². The van der Waals surface area contributed by atoms with Gasteiger partial charge in [0.25, 0.3) is 0 Å². The first kappa shape index (κ1) is 19.2. The molecule has 0 radical (unpaired) electrons. The molecule has 1 N–H and O–H groups in total. The van der Waals surface area contributed by atoms with Crippen molar-refractivity contribution in [2.24, 2.45) is 0 Å². The number of benzene rings is 1. The number of rotatable bonds is 2. The lowest BCUT2D eigenvalue weighted by molar-refractivity contribution is -0.155. The molecule has 0 aromatic heterocycles. The molecule has 6 heteroatoms. The first-order valence-electron chi connectivity index (χ1n) is 9.28. The number of fused-ring (bicyclic) bond motifs is 1. The van der Waals surface area contributed by atoms with E-state index in [1.54, 1.807) is 0 Å². The van der Waals surface area contributed by atoms with E-state index in [0.717, 1.165) is 22.3 Å². The second kappa shape index (κ2) is 5.99. The molecule has 2 aliphatic rings. The molecule has 3 rings (SSSR count). The van der Waals surface area contributed by atoms with Crippen LogP contribution in [-0.2, 0) is 25.3 Å². The molecule has 0 saturated carbocycles. The SMILES string of the molecule is Cc1c(B2OC(C)(C)C(C)(C)O2)ccc2c1CC(C(=O)OC(C)(C)C)N2. The summed E-state index contributed by atoms with van der Waals surface area (Å²) in [6.07, 6.45) is 0.615. The topological polar surface area (TPSA) is 56.8 Å². The van der Waals surface area contributed by atoms with Crippen molar-refractivity contribution in [3.63, 3.8) is 0 Å². The summed E-state index contributed by atoms with van der Waals surface area (Å²) in [7, 11) is -0.397. The molecule has 0 aliphatic carbocycles. The first-order valence-corrected chi connectivity index (χ1v) is 9.28. The number of esters is 1. The third-order valence-electron chi connectivity index (χ3n) is 5.58. The zero-order valence-electron chi connectivity index (χ0n) is 17.1. The molecular weight excluding hydrogens is 329 g/mol. The van der Waals surface area contributed by atoms with Gasteiger partial charge in [-0.15, -0.1) is 0 Å². The van der Waals surface area contributed by atoms with Gasteiger partial charge in [-0.1, -0.05) is 6.07 Å². The van der Waals surface area contributed by atoms with Gasteiger partial charge in [-0.2, -0.15) is 0 Å². The Hall–Kier alpha value is -1.53. The third kappa shape index (κ3) is 3.37. The summed E-state index contributed by atoms with van der Waals surface area (Å²) < 4.78 is 17.9. The van der Waals surface area contributed by atoms with Crippen molar-refractivity contribution < 1.29 is 18.8 Å². The average molecular weight is 359 g/mol. The number of carbonyl (C=O) groups excluding carboxylic acids is 1. The molecule has 0 bridgehead atoms. The fraction of sp³-hybridized carbons (Fsp3) is 0.650. The third-order valence-corrected chi connectivity index (χ3v) is 5.58. The number of hydrogen-bond acceptors (Lipinski definition) is 5. The Labute approximate surface area is 156 Å². The fourth-order valence-corrected chi connectivity index (χ4v) is 3.36. The Bertz CT molecular complexity index is 720. The molecule has 2 aliphatic heterocycles. The summed E-state index contributed by atoms with van der Waals surface area (Å²) in [5.41, 5.74) is 3.01. The maximum Gasteiger partial charge on any atom is 0.495 e. The summed E-state index contributed by atoms with van der Waals surface area (Å²) >= 11 is 0. The van der Waals surface area contributed by atoms with Gasteiger partial charge in [-0.3, -0.25) is 0 Å². The predicted molar refractivity (Wildman–Crippen MR) is 104 cm³/mol. The molecule has 142 valence electrons. The Morgan fingerprint density at radius 2 is 1.77 bits per heavy atom. The standard InChI is InChI=1S/C20H30BNO4/c1-12-13-11-16(17(23)24-18(2,3)4)22-15(13)10-9-14(12)21-25-19(5,6)20(7,8)26-21/h9-10,16,22H,11H2,1-8H3. The van der Waals surface area contributed by atoms with Crippen molar-refractivity contribution in [3.8, 4) is 0 Å². The van der Waals surface area contributed by atoms with Gasteiger partial charge < -0.3 is 19.4 Å². The molecular formula is C20H30BNO4. The highest BCUT2D eigenvalue weighted by Crippen LogP contribution is 2.37. The van der Waals surface area contributed by atoms with E-state index in [1.165, 1.54) is 0 Å². The van der Waals surface area contributed by atoms with Gasteiger partial charge in [0, 0.05) is 12.1 Å². The van der Waals surface area contributed by atoms with E-state index in [2.05, 4.69) is 39.9 Å². The van der Waals surface area contributed by atoms with Crippen LogP contribution in [0.15, 0.2) is 12.1 Å². The quantitative estimate of drug-likeness (QED) is 0.650. The van der Waals surface area contributed by atoms with Crippen molar-refractivity contribution >= 4 is 24.2 Å². The van der Waals surface area contributed by atoms with Crippen LogP contribution < -0.4 is 10.8 Å². The van der Waals surface area contributed by atoms with Gasteiger partial charge in [0.1, 0.15) is 11.6 Å². The smallest absolute Gasteiger partial charge is 0.458 e. The average Bonchev–Trinajstić information content (AvgIpc) is 2.97. The van der Waals surface area contributed by atoms with E-state index < -0.39 is 12.7 Å². The van der Waals surface area contributed by atoms with Gasteiger partial charge in [0.05, 0.1) is 11.2 Å². The van der Waals surface area contributed by atoms with E-state index in [4.69, 9.17) is 14.0 Å². The Kier molecular flexibility index (Phi) is 4.44. The number of carbonyl (C=O) groups is 1. The fourth-order valence-electron chi connectivity index (χ4n) is 3.36. The van der Waals surface area contributed by atoms with Crippen molar-refractivity contribution in [1.82, 2.24) is 0 Å². The highest BCUT2D eigenvalue weighted by Gasteiger charge is 2.52. The molecule has 2 heterocycles. The van der Waals surface area contributed by atoms with Crippen molar-refractivity contribution in [1.29, 1.82) is 0 Å². The maximum atomic E-state index is 12.4. The zero-order chi connectivity index (χ0) is 19.5. The molecule has 0 amide bonds. The molecule has 1 unspecified atom stereocenters. The largest absolute Gasteiger partial charge is 0.495 e. The summed E-state index contributed by atoms with van der Waals surface area (Å²) in [5, 5.41) is 3.29. The van der Waals surface area contributed by atoms with E-state index >= 15 is 0 Å². The van der Waals surface area contributed by atoms with Crippen LogP contribution in [0, 0.1) is 6.92 Å². The van der Waals surface area contributed by atoms with Gasteiger partial charge >= 0.3 is 13.1 Å². The van der Waals surface area contributed by atoms with Crippen LogP contribution in [0.4, 0.5) is 5.69 Å². The second-order valence-corrected chi connectivity index (χ2v) is 9.33. The first-order chi connectivity index (χ1) is 11.8. The number of ether oxygens (including phenoxy) is 1. The van der Waals surface area contributed by atoms with Gasteiger partial charge in [-0.05, 0) is 78.0 Å². The lowest BCUT2D eigenvalue weighted by Crippen LogP contribution is -2.41. The zero-order valence-corrected chi connectivity index (χ0v) is 17.1. The van der Waals surface area contributed by atoms with Crippen LogP contribution in [0.2, 0.25) is 0 Å². The van der Waals surface area contributed by atoms with E-state index in [-0.39, 0.29) is 23.2 Å². The highest BCUT2D eigenvalue weighted by atomic mass is 16.7. The predicted octanol–water partition coefficient (Wildman–Crippen LogP) is 2.97. The molecule has 5 nitrogen and oxygen atoms in total. The van der Waals surface area contributed by atoms with Crippen LogP contribution in [0.3, 0.4) is 0 Å². The summed E-state index contributed by atoms with van der Waals surface area (Å²) in [6.45, 7) is 15.9. The van der Waals surface area contributed by atoms with Crippen LogP contribution in [-0.4, -0.2) is 35.9 Å². The van der Waals surface area contributed by atoms with Crippen LogP contribution in [0.1, 0.15) is 59.6 Å². The summed E-state index contributed by atoms with van der Waals surface area (Å²) in [5.74, 6) is -0.217. The van der Waals surface area contributed by atoms with Crippen molar-refractivity contribution in [3.05, 3.63) is 23.3 Å². The molecule has 26 heavy (non-hydrogen) atoms. The summed E-state index contributed by atoms with van der Waals surface area (Å²) in [6, 6.07) is 3.69. The molecule has 1 atom stereocenters. The Morgan fingerprint density at radius 3 is 2.31 bits per heavy atom. The lowest BCUT2D eigenvalue weighted by Gasteiger charge is -2.32. The maximum absolute atomic E-state index is 12.4. The van der Waals surface area contributed by atoms with Crippen LogP contribution in [0.25, 0.3) is 0 Å². The van der Waals surface area contributed by atoms with Crippen LogP contribution >= 0.6 is 0 Å². The Balaban J connectivity index is 1.82. The lowest BCUT2D eigenvalue weighted by atomic mass is 9.74. The minimum atomic E-state index is -0.490. The van der Waals surface area contributed by atoms with Gasteiger partial charge in [0.15, 0.2) is 0 Å². The van der Waals surface area contributed by atoms with Crippen LogP contribution in [0.5, 0.6) is 0 Å². The minimum absolute atomic E-state index is 0.217. The van der Waals surface area contributed by atoms with E-state index in [1.807, 2.05) is 32.9 Å². The second-order valence-electron chi connectivity index (χ2n) is 9.33. The monoisotopic (exact) mass is 359 g/mol. The molecule has 1 fully saturated rings. The molecule has 1 saturated heterocycles.